The molecule has 0 spiro atoms. The van der Waals surface area contributed by atoms with Gasteiger partial charge in [-0.3, -0.25) is 10.2 Å². The van der Waals surface area contributed by atoms with Crippen LogP contribution in [-0.4, -0.2) is 18.3 Å². The normalized spacial score (nSPS) is 21.4. The van der Waals surface area contributed by atoms with E-state index in [2.05, 4.69) is 21.4 Å². The van der Waals surface area contributed by atoms with Crippen molar-refractivity contribution in [3.05, 3.63) is 70.1 Å². The van der Waals surface area contributed by atoms with Gasteiger partial charge in [0.05, 0.1) is 28.3 Å². The number of hydrazine groups is 1. The summed E-state index contributed by atoms with van der Waals surface area (Å²) >= 11 is 3.37. The molecule has 0 saturated heterocycles. The van der Waals surface area contributed by atoms with E-state index >= 15 is 0 Å². The van der Waals surface area contributed by atoms with Gasteiger partial charge in [0.15, 0.2) is 5.82 Å². The molecule has 2 aromatic carbocycles. The number of aromatic nitrogens is 1. The maximum Gasteiger partial charge on any atom is 0.244 e. The zero-order valence-electron chi connectivity index (χ0n) is 16.2. The highest BCUT2D eigenvalue weighted by atomic mass is 79.9. The van der Waals surface area contributed by atoms with E-state index in [1.54, 1.807) is 42.5 Å². The van der Waals surface area contributed by atoms with Crippen molar-refractivity contribution in [1.29, 1.82) is 0 Å². The number of nitrogens with one attached hydrogen (secondary N) is 1. The molecule has 0 aliphatic heterocycles. The van der Waals surface area contributed by atoms with E-state index in [9.17, 15) is 17.6 Å². The topological polar surface area (TPSA) is 94.2 Å². The second kappa shape index (κ2) is 7.47. The second-order valence-electron chi connectivity index (χ2n) is 7.94. The van der Waals surface area contributed by atoms with Gasteiger partial charge in [-0.1, -0.05) is 37.3 Å². The average Bonchev–Trinajstić information content (AvgIpc) is 3.03. The number of nitrogens with two attached hydrogens (primary N) is 1. The van der Waals surface area contributed by atoms with Crippen LogP contribution in [0.5, 0.6) is 0 Å². The highest BCUT2D eigenvalue weighted by molar-refractivity contribution is 9.10. The van der Waals surface area contributed by atoms with Gasteiger partial charge in [-0.15, -0.1) is 0 Å². The second-order valence-corrected chi connectivity index (χ2v) is 10.6. The third-order valence-corrected chi connectivity index (χ3v) is 8.01. The first-order valence-electron chi connectivity index (χ1n) is 9.47. The average molecular weight is 494 g/mol. The van der Waals surface area contributed by atoms with Gasteiger partial charge < -0.3 is 0 Å². The number of halogens is 2. The number of amides is 1. The fourth-order valence-corrected chi connectivity index (χ4v) is 6.51. The minimum absolute atomic E-state index is 0.158. The number of carbonyl (C=O) groups is 1. The van der Waals surface area contributed by atoms with Crippen molar-refractivity contribution in [2.24, 2.45) is 11.8 Å². The van der Waals surface area contributed by atoms with Crippen molar-refractivity contribution in [3.63, 3.8) is 0 Å². The van der Waals surface area contributed by atoms with Gasteiger partial charge in [-0.2, -0.15) is 0 Å². The lowest BCUT2D eigenvalue weighted by molar-refractivity contribution is -0.131. The van der Waals surface area contributed by atoms with E-state index in [0.717, 1.165) is 10.2 Å². The number of rotatable bonds is 5. The molecular weight excluding hydrogens is 473 g/mol. The molecule has 0 bridgehead atoms. The van der Waals surface area contributed by atoms with Crippen molar-refractivity contribution in [2.75, 3.05) is 0 Å². The van der Waals surface area contributed by atoms with Crippen LogP contribution < -0.4 is 11.3 Å². The van der Waals surface area contributed by atoms with Crippen LogP contribution in [-0.2, 0) is 26.0 Å². The van der Waals surface area contributed by atoms with Crippen molar-refractivity contribution in [2.45, 2.75) is 30.9 Å². The third-order valence-electron chi connectivity index (χ3n) is 5.78. The molecule has 0 atom stereocenters. The fourth-order valence-electron chi connectivity index (χ4n) is 4.42. The van der Waals surface area contributed by atoms with Gasteiger partial charge >= 0.3 is 0 Å². The number of fused-ring (bicyclic) bond motifs is 1. The van der Waals surface area contributed by atoms with Crippen LogP contribution in [0.2, 0.25) is 0 Å². The number of hydrogen-bond donors (Lipinski definition) is 2. The minimum Gasteiger partial charge on any atom is -0.293 e. The monoisotopic (exact) mass is 493 g/mol. The van der Waals surface area contributed by atoms with E-state index in [0.29, 0.717) is 34.4 Å². The molecular formula is C21H21BrFN3O3S. The Morgan fingerprint density at radius 3 is 2.57 bits per heavy atom. The van der Waals surface area contributed by atoms with Crippen molar-refractivity contribution < 1.29 is 17.6 Å². The molecule has 0 unspecified atom stereocenters. The van der Waals surface area contributed by atoms with Crippen LogP contribution in [0.4, 0.5) is 4.39 Å². The smallest absolute Gasteiger partial charge is 0.244 e. The standard InChI is InChI=1S/C21H21BrFN3O3S/c1-13-9-21(10-13,20(27)25-24)15-7-16(22)19-17(23)11-26(18(19)8-15)30(28,29)12-14-5-3-2-4-6-14/h2-8,11,13H,9-10,12,24H2,1H3,(H,25,27). The molecule has 0 radical (unpaired) electrons. The fraction of sp³-hybridized carbons (Fsp3) is 0.286. The SMILES string of the molecule is CC1CC(C(=O)NN)(c2cc(Br)c3c(F)cn(S(=O)(=O)Cc4ccccc4)c3c2)C1. The molecule has 4 rings (SSSR count). The Balaban J connectivity index is 1.88. The number of benzene rings is 2. The molecule has 1 aliphatic rings. The summed E-state index contributed by atoms with van der Waals surface area (Å²) in [6.45, 7) is 2.03. The summed E-state index contributed by atoms with van der Waals surface area (Å²) < 4.78 is 42.3. The molecule has 1 heterocycles. The van der Waals surface area contributed by atoms with Gasteiger partial charge in [0.25, 0.3) is 0 Å². The summed E-state index contributed by atoms with van der Waals surface area (Å²) in [6.07, 6.45) is 2.14. The number of hydrogen-bond acceptors (Lipinski definition) is 4. The van der Waals surface area contributed by atoms with Crippen LogP contribution >= 0.6 is 15.9 Å². The predicted molar refractivity (Wildman–Crippen MR) is 116 cm³/mol. The largest absolute Gasteiger partial charge is 0.293 e. The van der Waals surface area contributed by atoms with Gasteiger partial charge in [0, 0.05) is 4.47 Å². The summed E-state index contributed by atoms with van der Waals surface area (Å²) in [6, 6.07) is 12.0. The Bertz CT molecular complexity index is 1240. The summed E-state index contributed by atoms with van der Waals surface area (Å²) in [4.78, 5) is 12.6. The Kier molecular flexibility index (Phi) is 5.24. The van der Waals surface area contributed by atoms with Crippen molar-refractivity contribution >= 4 is 42.8 Å². The molecule has 9 heteroatoms. The quantitative estimate of drug-likeness (QED) is 0.322. The van der Waals surface area contributed by atoms with Crippen LogP contribution in [0.25, 0.3) is 10.9 Å². The van der Waals surface area contributed by atoms with Crippen LogP contribution in [0.3, 0.4) is 0 Å². The molecule has 6 nitrogen and oxygen atoms in total. The molecule has 1 saturated carbocycles. The Hall–Kier alpha value is -2.23. The first-order valence-corrected chi connectivity index (χ1v) is 11.9. The highest BCUT2D eigenvalue weighted by Gasteiger charge is 2.49. The van der Waals surface area contributed by atoms with Crippen molar-refractivity contribution in [3.8, 4) is 0 Å². The number of nitrogens with zero attached hydrogens (tertiary/aromatic N) is 1. The molecule has 158 valence electrons. The van der Waals surface area contributed by atoms with Gasteiger partial charge in [-0.25, -0.2) is 22.6 Å². The predicted octanol–water partition coefficient (Wildman–Crippen LogP) is 3.58. The molecule has 30 heavy (non-hydrogen) atoms. The summed E-state index contributed by atoms with van der Waals surface area (Å²) in [5, 5.41) is 0.158. The van der Waals surface area contributed by atoms with Gasteiger partial charge in [0.2, 0.25) is 15.9 Å². The van der Waals surface area contributed by atoms with E-state index < -0.39 is 21.3 Å². The zero-order valence-corrected chi connectivity index (χ0v) is 18.6. The van der Waals surface area contributed by atoms with Crippen molar-refractivity contribution in [1.82, 2.24) is 9.40 Å². The molecule has 1 fully saturated rings. The van der Waals surface area contributed by atoms with Gasteiger partial charge in [0.1, 0.15) is 0 Å². The lowest BCUT2D eigenvalue weighted by atomic mass is 9.58. The molecule has 1 aromatic heterocycles. The molecule has 1 amide bonds. The van der Waals surface area contributed by atoms with E-state index in [4.69, 9.17) is 5.84 Å². The van der Waals surface area contributed by atoms with E-state index in [-0.39, 0.29) is 22.6 Å². The lowest BCUT2D eigenvalue weighted by Crippen LogP contribution is -2.54. The maximum absolute atomic E-state index is 14.7. The van der Waals surface area contributed by atoms with E-state index in [1.807, 2.05) is 6.92 Å². The summed E-state index contributed by atoms with van der Waals surface area (Å²) in [5.41, 5.74) is 2.76. The molecule has 3 N–H and O–H groups in total. The van der Waals surface area contributed by atoms with Crippen LogP contribution in [0.1, 0.15) is 30.9 Å². The van der Waals surface area contributed by atoms with Crippen LogP contribution in [0, 0.1) is 11.7 Å². The Morgan fingerprint density at radius 2 is 1.97 bits per heavy atom. The first-order chi connectivity index (χ1) is 14.2. The highest BCUT2D eigenvalue weighted by Crippen LogP contribution is 2.49. The number of carbonyl (C=O) groups excluding carboxylic acids is 1. The maximum atomic E-state index is 14.7. The van der Waals surface area contributed by atoms with Crippen LogP contribution in [0.15, 0.2) is 53.1 Å². The van der Waals surface area contributed by atoms with Gasteiger partial charge in [-0.05, 0) is 57.9 Å². The summed E-state index contributed by atoms with van der Waals surface area (Å²) in [5.74, 6) is 4.48. The molecule has 3 aromatic rings. The summed E-state index contributed by atoms with van der Waals surface area (Å²) in [7, 11) is -3.89. The Morgan fingerprint density at radius 1 is 1.30 bits per heavy atom. The third kappa shape index (κ3) is 3.34. The zero-order chi connectivity index (χ0) is 21.7. The minimum atomic E-state index is -3.89. The lowest BCUT2D eigenvalue weighted by Gasteiger charge is -2.45. The van der Waals surface area contributed by atoms with E-state index in [1.165, 1.54) is 0 Å². The molecule has 1 aliphatic carbocycles. The first kappa shape index (κ1) is 21.0. The Labute approximate surface area is 182 Å².